The fourth-order valence-corrected chi connectivity index (χ4v) is 4.22. The van der Waals surface area contributed by atoms with Crippen LogP contribution in [0, 0.1) is 0 Å². The van der Waals surface area contributed by atoms with Crippen molar-refractivity contribution in [1.29, 1.82) is 0 Å². The van der Waals surface area contributed by atoms with Gasteiger partial charge in [-0.15, -0.1) is 10.2 Å². The molecule has 3 heterocycles. The second kappa shape index (κ2) is 4.20. The molecular weight excluding hydrogens is 304 g/mol. The van der Waals surface area contributed by atoms with E-state index in [0.717, 1.165) is 21.9 Å². The molecule has 1 aromatic rings. The van der Waals surface area contributed by atoms with Gasteiger partial charge in [0.1, 0.15) is 0 Å². The SMILES string of the molecule is CC(=O)N[C@@H]1C[C@@H]2CC[C@H]1N2c1nnc(Br)s1. The smallest absolute Gasteiger partial charge is 0.217 e. The van der Waals surface area contributed by atoms with Crippen molar-refractivity contribution in [2.45, 2.75) is 44.3 Å². The van der Waals surface area contributed by atoms with Crippen LogP contribution in [0.15, 0.2) is 3.92 Å². The average Bonchev–Trinajstić information content (AvgIpc) is 2.90. The highest BCUT2D eigenvalue weighted by molar-refractivity contribution is 9.11. The van der Waals surface area contributed by atoms with E-state index >= 15 is 0 Å². The third kappa shape index (κ3) is 1.95. The van der Waals surface area contributed by atoms with E-state index in [1.807, 2.05) is 0 Å². The molecule has 0 radical (unpaired) electrons. The number of carbonyl (C=O) groups is 1. The van der Waals surface area contributed by atoms with Crippen molar-refractivity contribution in [1.82, 2.24) is 15.5 Å². The molecule has 2 fully saturated rings. The van der Waals surface area contributed by atoms with Crippen molar-refractivity contribution >= 4 is 38.3 Å². The highest BCUT2D eigenvalue weighted by Crippen LogP contribution is 2.42. The molecule has 1 N–H and O–H groups in total. The number of aromatic nitrogens is 2. The first-order valence-corrected chi connectivity index (χ1v) is 7.30. The summed E-state index contributed by atoms with van der Waals surface area (Å²) < 4.78 is 0.815. The van der Waals surface area contributed by atoms with Crippen molar-refractivity contribution in [3.63, 3.8) is 0 Å². The summed E-state index contributed by atoms with van der Waals surface area (Å²) in [6, 6.07) is 1.18. The van der Waals surface area contributed by atoms with Crippen molar-refractivity contribution in [3.8, 4) is 0 Å². The molecule has 0 unspecified atom stereocenters. The van der Waals surface area contributed by atoms with Gasteiger partial charge in [0.05, 0.1) is 12.1 Å². The molecule has 2 aliphatic heterocycles. The molecule has 7 heteroatoms. The summed E-state index contributed by atoms with van der Waals surface area (Å²) in [5, 5.41) is 12.2. The second-order valence-electron chi connectivity index (χ2n) is 4.59. The maximum absolute atomic E-state index is 11.2. The van der Waals surface area contributed by atoms with E-state index in [2.05, 4.69) is 36.3 Å². The standard InChI is InChI=1S/C10H13BrN4OS/c1-5(16)12-7-4-6-2-3-8(7)15(6)10-14-13-9(11)17-10/h6-8H,2-4H2,1H3,(H,12,16)/t6-,7+,8+/m0/s1. The predicted octanol–water partition coefficient (Wildman–Crippen LogP) is 1.55. The van der Waals surface area contributed by atoms with Crippen LogP contribution in [0.1, 0.15) is 26.2 Å². The molecule has 2 saturated heterocycles. The Morgan fingerprint density at radius 2 is 2.35 bits per heavy atom. The van der Waals surface area contributed by atoms with Gasteiger partial charge in [0.25, 0.3) is 0 Å². The molecule has 2 bridgehead atoms. The van der Waals surface area contributed by atoms with Gasteiger partial charge in [-0.25, -0.2) is 0 Å². The number of hydrogen-bond donors (Lipinski definition) is 1. The van der Waals surface area contributed by atoms with E-state index < -0.39 is 0 Å². The molecule has 17 heavy (non-hydrogen) atoms. The lowest BCUT2D eigenvalue weighted by Crippen LogP contribution is -2.43. The van der Waals surface area contributed by atoms with Crippen molar-refractivity contribution in [2.75, 3.05) is 4.90 Å². The number of rotatable bonds is 2. The summed E-state index contributed by atoms with van der Waals surface area (Å²) in [7, 11) is 0. The Balaban J connectivity index is 1.81. The Morgan fingerprint density at radius 1 is 1.53 bits per heavy atom. The van der Waals surface area contributed by atoms with Crippen LogP contribution < -0.4 is 10.2 Å². The van der Waals surface area contributed by atoms with E-state index in [1.165, 1.54) is 6.42 Å². The predicted molar refractivity (Wildman–Crippen MR) is 69.1 cm³/mol. The highest BCUT2D eigenvalue weighted by Gasteiger charge is 2.47. The molecule has 0 saturated carbocycles. The number of anilines is 1. The minimum absolute atomic E-state index is 0.0564. The Kier molecular flexibility index (Phi) is 2.82. The summed E-state index contributed by atoms with van der Waals surface area (Å²) in [6.07, 6.45) is 3.35. The second-order valence-corrected chi connectivity index (χ2v) is 6.82. The highest BCUT2D eigenvalue weighted by atomic mass is 79.9. The van der Waals surface area contributed by atoms with Crippen molar-refractivity contribution in [2.24, 2.45) is 0 Å². The molecule has 0 aromatic carbocycles. The topological polar surface area (TPSA) is 58.1 Å². The molecule has 5 nitrogen and oxygen atoms in total. The van der Waals surface area contributed by atoms with Crippen LogP contribution in [-0.4, -0.2) is 34.2 Å². The third-order valence-electron chi connectivity index (χ3n) is 3.54. The van der Waals surface area contributed by atoms with Gasteiger partial charge in [0.2, 0.25) is 11.0 Å². The van der Waals surface area contributed by atoms with Crippen LogP contribution in [0.4, 0.5) is 5.13 Å². The number of nitrogens with zero attached hydrogens (tertiary/aromatic N) is 3. The normalized spacial score (nSPS) is 30.9. The summed E-state index contributed by atoms with van der Waals surface area (Å²) in [4.78, 5) is 13.5. The monoisotopic (exact) mass is 316 g/mol. The number of fused-ring (bicyclic) bond motifs is 2. The van der Waals surface area contributed by atoms with Crippen molar-refractivity contribution in [3.05, 3.63) is 3.92 Å². The number of amides is 1. The van der Waals surface area contributed by atoms with Gasteiger partial charge < -0.3 is 10.2 Å². The molecule has 0 aliphatic carbocycles. The van der Waals surface area contributed by atoms with E-state index in [-0.39, 0.29) is 11.9 Å². The average molecular weight is 317 g/mol. The van der Waals surface area contributed by atoms with Gasteiger partial charge in [-0.1, -0.05) is 11.3 Å². The van der Waals surface area contributed by atoms with Gasteiger partial charge in [-0.2, -0.15) is 0 Å². The minimum Gasteiger partial charge on any atom is -0.351 e. The van der Waals surface area contributed by atoms with E-state index in [1.54, 1.807) is 18.3 Å². The van der Waals surface area contributed by atoms with Crippen LogP contribution in [-0.2, 0) is 4.79 Å². The quantitative estimate of drug-likeness (QED) is 0.899. The maximum atomic E-state index is 11.2. The Bertz CT molecular complexity index is 451. The molecular formula is C10H13BrN4OS. The van der Waals surface area contributed by atoms with Gasteiger partial charge in [-0.05, 0) is 35.2 Å². The van der Waals surface area contributed by atoms with Crippen molar-refractivity contribution < 1.29 is 4.79 Å². The molecule has 2 aliphatic rings. The third-order valence-corrected chi connectivity index (χ3v) is 4.91. The Morgan fingerprint density at radius 3 is 3.00 bits per heavy atom. The summed E-state index contributed by atoms with van der Waals surface area (Å²) in [5.41, 5.74) is 0. The van der Waals surface area contributed by atoms with Gasteiger partial charge in [0.15, 0.2) is 3.92 Å². The van der Waals surface area contributed by atoms with E-state index in [0.29, 0.717) is 12.1 Å². The van der Waals surface area contributed by atoms with Crippen LogP contribution in [0.5, 0.6) is 0 Å². The van der Waals surface area contributed by atoms with Crippen LogP contribution in [0.25, 0.3) is 0 Å². The molecule has 3 rings (SSSR count). The molecule has 0 spiro atoms. The minimum atomic E-state index is 0.0564. The van der Waals surface area contributed by atoms with E-state index in [9.17, 15) is 4.79 Å². The number of hydrogen-bond acceptors (Lipinski definition) is 5. The summed E-state index contributed by atoms with van der Waals surface area (Å²) in [6.45, 7) is 1.58. The first-order chi connectivity index (χ1) is 8.15. The lowest BCUT2D eigenvalue weighted by Gasteiger charge is -2.23. The first-order valence-electron chi connectivity index (χ1n) is 5.69. The molecule has 1 aromatic heterocycles. The van der Waals surface area contributed by atoms with Gasteiger partial charge >= 0.3 is 0 Å². The molecule has 1 amide bonds. The van der Waals surface area contributed by atoms with E-state index in [4.69, 9.17) is 0 Å². The number of nitrogens with one attached hydrogen (secondary N) is 1. The summed E-state index contributed by atoms with van der Waals surface area (Å²) in [5.74, 6) is 0.0564. The van der Waals surface area contributed by atoms with Gasteiger partial charge in [0, 0.05) is 13.0 Å². The van der Waals surface area contributed by atoms with Crippen LogP contribution >= 0.6 is 27.3 Å². The summed E-state index contributed by atoms with van der Waals surface area (Å²) >= 11 is 4.90. The fourth-order valence-electron chi connectivity index (χ4n) is 3.01. The lowest BCUT2D eigenvalue weighted by molar-refractivity contribution is -0.119. The number of carbonyl (C=O) groups excluding carboxylic acids is 1. The van der Waals surface area contributed by atoms with Gasteiger partial charge in [-0.3, -0.25) is 4.79 Å². The number of halogens is 1. The Labute approximate surface area is 112 Å². The Hall–Kier alpha value is -0.690. The molecule has 3 atom stereocenters. The first kappa shape index (κ1) is 11.4. The maximum Gasteiger partial charge on any atom is 0.217 e. The largest absolute Gasteiger partial charge is 0.351 e. The lowest BCUT2D eigenvalue weighted by atomic mass is 9.95. The zero-order valence-electron chi connectivity index (χ0n) is 9.39. The van der Waals surface area contributed by atoms with Crippen LogP contribution in [0.2, 0.25) is 0 Å². The van der Waals surface area contributed by atoms with Crippen LogP contribution in [0.3, 0.4) is 0 Å². The molecule has 92 valence electrons. The zero-order valence-corrected chi connectivity index (χ0v) is 11.8. The fraction of sp³-hybridized carbons (Fsp3) is 0.700. The zero-order chi connectivity index (χ0) is 12.0.